The van der Waals surface area contributed by atoms with Gasteiger partial charge in [0.25, 0.3) is 5.91 Å². The average Bonchev–Trinajstić information content (AvgIpc) is 2.61. The average molecular weight is 325 g/mol. The van der Waals surface area contributed by atoms with Crippen LogP contribution in [0.1, 0.15) is 5.56 Å². The van der Waals surface area contributed by atoms with Crippen molar-refractivity contribution in [2.75, 3.05) is 40.3 Å². The number of fused-ring (bicyclic) bond motifs is 1. The molecule has 1 N–H and O–H groups in total. The molecule has 1 fully saturated rings. The van der Waals surface area contributed by atoms with E-state index in [0.29, 0.717) is 0 Å². The summed E-state index contributed by atoms with van der Waals surface area (Å²) in [5, 5.41) is 4.21. The molecule has 0 aliphatic carbocycles. The first-order valence-corrected chi connectivity index (χ1v) is 8.14. The summed E-state index contributed by atoms with van der Waals surface area (Å²) >= 11 is 0. The number of carbonyl (C=O) groups excluding carboxylic acids is 1. The SMILES string of the molecule is COc1ccc2cc(/C=C/C(=O)NN3CCN(C)CC3)ccc2c1. The van der Waals surface area contributed by atoms with E-state index in [9.17, 15) is 4.79 Å². The molecule has 0 aromatic heterocycles. The molecule has 1 amide bonds. The molecule has 24 heavy (non-hydrogen) atoms. The van der Waals surface area contributed by atoms with Gasteiger partial charge in [-0.05, 0) is 47.7 Å². The van der Waals surface area contributed by atoms with Crippen LogP contribution in [0.4, 0.5) is 0 Å². The molecule has 5 nitrogen and oxygen atoms in total. The van der Waals surface area contributed by atoms with Crippen LogP contribution in [-0.4, -0.2) is 56.2 Å². The fourth-order valence-corrected chi connectivity index (χ4v) is 2.76. The van der Waals surface area contributed by atoms with Gasteiger partial charge < -0.3 is 9.64 Å². The first-order chi connectivity index (χ1) is 11.6. The lowest BCUT2D eigenvalue weighted by atomic mass is 10.1. The summed E-state index contributed by atoms with van der Waals surface area (Å²) in [7, 11) is 3.76. The fourth-order valence-electron chi connectivity index (χ4n) is 2.76. The van der Waals surface area contributed by atoms with Crippen LogP contribution >= 0.6 is 0 Å². The highest BCUT2D eigenvalue weighted by molar-refractivity contribution is 5.92. The second-order valence-corrected chi connectivity index (χ2v) is 6.07. The number of ether oxygens (including phenoxy) is 1. The van der Waals surface area contributed by atoms with Gasteiger partial charge in [0, 0.05) is 32.3 Å². The largest absolute Gasteiger partial charge is 0.497 e. The number of hydrogen-bond donors (Lipinski definition) is 1. The normalized spacial score (nSPS) is 16.6. The summed E-state index contributed by atoms with van der Waals surface area (Å²) in [5.74, 6) is 0.756. The highest BCUT2D eigenvalue weighted by atomic mass is 16.5. The van der Waals surface area contributed by atoms with Gasteiger partial charge in [0.05, 0.1) is 7.11 Å². The standard InChI is InChI=1S/C19H23N3O2/c1-21-9-11-22(12-10-21)20-19(23)8-4-15-3-5-17-14-18(24-2)7-6-16(17)13-15/h3-8,13-14H,9-12H2,1-2H3,(H,20,23)/b8-4+. The lowest BCUT2D eigenvalue weighted by molar-refractivity contribution is -0.121. The van der Waals surface area contributed by atoms with Crippen LogP contribution < -0.4 is 10.2 Å². The summed E-state index contributed by atoms with van der Waals surface area (Å²) < 4.78 is 5.24. The fraction of sp³-hybridized carbons (Fsp3) is 0.316. The first-order valence-electron chi connectivity index (χ1n) is 8.14. The van der Waals surface area contributed by atoms with Crippen LogP contribution in [0.25, 0.3) is 16.8 Å². The zero-order valence-corrected chi connectivity index (χ0v) is 14.2. The number of piperazine rings is 1. The molecule has 126 valence electrons. The molecule has 1 aliphatic heterocycles. The van der Waals surface area contributed by atoms with Gasteiger partial charge in [0.15, 0.2) is 0 Å². The molecule has 1 aliphatic rings. The van der Waals surface area contributed by atoms with Gasteiger partial charge in [-0.25, -0.2) is 5.01 Å². The second kappa shape index (κ2) is 7.47. The molecule has 1 heterocycles. The van der Waals surface area contributed by atoms with Crippen LogP contribution in [0.3, 0.4) is 0 Å². The topological polar surface area (TPSA) is 44.8 Å². The van der Waals surface area contributed by atoms with Crippen LogP contribution in [0.5, 0.6) is 5.75 Å². The second-order valence-electron chi connectivity index (χ2n) is 6.07. The summed E-state index contributed by atoms with van der Waals surface area (Å²) in [5.41, 5.74) is 3.93. The van der Waals surface area contributed by atoms with Crippen LogP contribution in [-0.2, 0) is 4.79 Å². The van der Waals surface area contributed by atoms with Crippen molar-refractivity contribution in [2.45, 2.75) is 0 Å². The van der Waals surface area contributed by atoms with E-state index in [-0.39, 0.29) is 5.91 Å². The van der Waals surface area contributed by atoms with Gasteiger partial charge in [-0.15, -0.1) is 0 Å². The van der Waals surface area contributed by atoms with Gasteiger partial charge in [0.1, 0.15) is 5.75 Å². The number of carbonyl (C=O) groups is 1. The van der Waals surface area contributed by atoms with Crippen molar-refractivity contribution >= 4 is 22.8 Å². The number of rotatable bonds is 4. The molecule has 3 rings (SSSR count). The van der Waals surface area contributed by atoms with Crippen molar-refractivity contribution in [3.8, 4) is 5.75 Å². The van der Waals surface area contributed by atoms with E-state index in [1.54, 1.807) is 13.2 Å². The molecule has 2 aromatic carbocycles. The summed E-state index contributed by atoms with van der Waals surface area (Å²) in [4.78, 5) is 14.3. The Labute approximate surface area is 142 Å². The van der Waals surface area contributed by atoms with Gasteiger partial charge in [-0.3, -0.25) is 10.2 Å². The molecule has 0 spiro atoms. The minimum absolute atomic E-state index is 0.0885. The third kappa shape index (κ3) is 4.13. The number of amides is 1. The number of nitrogens with zero attached hydrogens (tertiary/aromatic N) is 2. The first kappa shape index (κ1) is 16.5. The molecular weight excluding hydrogens is 302 g/mol. The van der Waals surface area contributed by atoms with Crippen molar-refractivity contribution in [1.29, 1.82) is 0 Å². The van der Waals surface area contributed by atoms with Gasteiger partial charge >= 0.3 is 0 Å². The summed E-state index contributed by atoms with van der Waals surface area (Å²) in [6, 6.07) is 12.1. The third-order valence-corrected chi connectivity index (χ3v) is 4.27. The highest BCUT2D eigenvalue weighted by Crippen LogP contribution is 2.22. The minimum atomic E-state index is -0.0885. The van der Waals surface area contributed by atoms with E-state index >= 15 is 0 Å². The molecule has 2 aromatic rings. The summed E-state index contributed by atoms with van der Waals surface area (Å²) in [6.45, 7) is 3.65. The minimum Gasteiger partial charge on any atom is -0.497 e. The van der Waals surface area contributed by atoms with E-state index in [2.05, 4.69) is 23.4 Å². The van der Waals surface area contributed by atoms with Crippen LogP contribution in [0.15, 0.2) is 42.5 Å². The molecule has 0 saturated carbocycles. The van der Waals surface area contributed by atoms with Gasteiger partial charge in [-0.2, -0.15) is 0 Å². The zero-order chi connectivity index (χ0) is 16.9. The van der Waals surface area contributed by atoms with Gasteiger partial charge in [-0.1, -0.05) is 18.2 Å². The van der Waals surface area contributed by atoms with Crippen molar-refractivity contribution in [3.05, 3.63) is 48.0 Å². The van der Waals surface area contributed by atoms with E-state index in [1.807, 2.05) is 41.4 Å². The van der Waals surface area contributed by atoms with E-state index < -0.39 is 0 Å². The Morgan fingerprint density at radius 1 is 1.08 bits per heavy atom. The van der Waals surface area contributed by atoms with E-state index in [0.717, 1.165) is 48.3 Å². The Hall–Kier alpha value is -2.37. The maximum Gasteiger partial charge on any atom is 0.258 e. The molecule has 1 saturated heterocycles. The quantitative estimate of drug-likeness (QED) is 0.875. The van der Waals surface area contributed by atoms with Crippen LogP contribution in [0.2, 0.25) is 0 Å². The monoisotopic (exact) mass is 325 g/mol. The zero-order valence-electron chi connectivity index (χ0n) is 14.2. The molecule has 0 radical (unpaired) electrons. The van der Waals surface area contributed by atoms with E-state index in [1.165, 1.54) is 0 Å². The van der Waals surface area contributed by atoms with Crippen LogP contribution in [0, 0.1) is 0 Å². The van der Waals surface area contributed by atoms with Crippen molar-refractivity contribution in [3.63, 3.8) is 0 Å². The number of methoxy groups -OCH3 is 1. The predicted molar refractivity (Wildman–Crippen MR) is 96.7 cm³/mol. The molecule has 0 unspecified atom stereocenters. The van der Waals surface area contributed by atoms with Crippen molar-refractivity contribution < 1.29 is 9.53 Å². The maximum atomic E-state index is 12.0. The number of benzene rings is 2. The Morgan fingerprint density at radius 3 is 2.54 bits per heavy atom. The van der Waals surface area contributed by atoms with Crippen molar-refractivity contribution in [2.24, 2.45) is 0 Å². The Kier molecular flexibility index (Phi) is 5.13. The molecule has 5 heteroatoms. The predicted octanol–water partition coefficient (Wildman–Crippen LogP) is 2.14. The molecule has 0 atom stereocenters. The number of likely N-dealkylation sites (N-methyl/N-ethyl adjacent to an activating group) is 1. The highest BCUT2D eigenvalue weighted by Gasteiger charge is 2.14. The number of nitrogens with one attached hydrogen (secondary N) is 1. The van der Waals surface area contributed by atoms with Crippen molar-refractivity contribution in [1.82, 2.24) is 15.3 Å². The molecule has 0 bridgehead atoms. The maximum absolute atomic E-state index is 12.0. The number of hydrazine groups is 1. The Balaban J connectivity index is 1.63. The Bertz CT molecular complexity index is 749. The number of hydrogen-bond acceptors (Lipinski definition) is 4. The molecular formula is C19H23N3O2. The lowest BCUT2D eigenvalue weighted by Crippen LogP contribution is -2.52. The third-order valence-electron chi connectivity index (χ3n) is 4.27. The Morgan fingerprint density at radius 2 is 1.79 bits per heavy atom. The smallest absolute Gasteiger partial charge is 0.258 e. The van der Waals surface area contributed by atoms with Gasteiger partial charge in [0.2, 0.25) is 0 Å². The lowest BCUT2D eigenvalue weighted by Gasteiger charge is -2.31. The summed E-state index contributed by atoms with van der Waals surface area (Å²) in [6.07, 6.45) is 3.43. The van der Waals surface area contributed by atoms with E-state index in [4.69, 9.17) is 4.74 Å².